The summed E-state index contributed by atoms with van der Waals surface area (Å²) in [4.78, 5) is 26.9. The first-order valence-electron chi connectivity index (χ1n) is 15.4. The second-order valence-corrected chi connectivity index (χ2v) is 14.7. The Kier molecular flexibility index (Phi) is 8.43. The van der Waals surface area contributed by atoms with Crippen LogP contribution in [0.15, 0.2) is 41.5 Å². The van der Waals surface area contributed by atoms with E-state index in [0.29, 0.717) is 34.6 Å². The van der Waals surface area contributed by atoms with Crippen LogP contribution < -0.4 is 15.8 Å². The van der Waals surface area contributed by atoms with E-state index in [-0.39, 0.29) is 54.1 Å². The molecule has 0 aliphatic carbocycles. The van der Waals surface area contributed by atoms with Crippen molar-refractivity contribution in [2.45, 2.75) is 64.0 Å². The summed E-state index contributed by atoms with van der Waals surface area (Å²) in [5.74, 6) is -2.43. The van der Waals surface area contributed by atoms with Gasteiger partial charge in [0.05, 0.1) is 16.9 Å². The number of rotatable bonds is 1. The molecule has 0 radical (unpaired) electrons. The fourth-order valence-electron chi connectivity index (χ4n) is 6.60. The number of hydrogen-bond donors (Lipinski definition) is 1. The number of hydrogen-bond acceptors (Lipinski definition) is 8. The van der Waals surface area contributed by atoms with Crippen LogP contribution >= 0.6 is 0 Å². The fourth-order valence-corrected chi connectivity index (χ4v) is 7.80. The van der Waals surface area contributed by atoms with E-state index in [4.69, 9.17) is 0 Å². The van der Waals surface area contributed by atoms with Crippen LogP contribution in [-0.4, -0.2) is 72.1 Å². The summed E-state index contributed by atoms with van der Waals surface area (Å²) in [5.41, 5.74) is 1.47. The predicted octanol–water partition coefficient (Wildman–Crippen LogP) is 4.58. The molecule has 0 unspecified atom stereocenters. The third-order valence-electron chi connectivity index (χ3n) is 9.15. The maximum absolute atomic E-state index is 15.4. The summed E-state index contributed by atoms with van der Waals surface area (Å²) < 4.78 is 56.7. The van der Waals surface area contributed by atoms with E-state index >= 15 is 8.78 Å². The third-order valence-corrected chi connectivity index (χ3v) is 10.8. The molecular formula is C31H40F2N6O3S. The number of anilines is 2. The van der Waals surface area contributed by atoms with Crippen molar-refractivity contribution in [3.8, 4) is 0 Å². The highest BCUT2D eigenvalue weighted by atomic mass is 32.2. The number of aryl methyl sites for hydroxylation is 1. The lowest BCUT2D eigenvalue weighted by molar-refractivity contribution is -0.0568. The van der Waals surface area contributed by atoms with Gasteiger partial charge in [-0.15, -0.1) is 0 Å². The molecule has 43 heavy (non-hydrogen) atoms. The molecule has 2 aromatic heterocycles. The van der Waals surface area contributed by atoms with E-state index in [1.165, 1.54) is 12.4 Å². The van der Waals surface area contributed by atoms with Gasteiger partial charge in [0.2, 0.25) is 0 Å². The van der Waals surface area contributed by atoms with Crippen LogP contribution in [-0.2, 0) is 22.3 Å². The number of nitrogens with one attached hydrogen (secondary N) is 1. The highest BCUT2D eigenvalue weighted by Crippen LogP contribution is 2.39. The zero-order valence-corrected chi connectivity index (χ0v) is 25.5. The molecular weight excluding hydrogens is 574 g/mol. The minimum absolute atomic E-state index is 0.00292. The van der Waals surface area contributed by atoms with Crippen LogP contribution in [0, 0.1) is 5.92 Å². The molecule has 6 heterocycles. The number of fused-ring (bicyclic) bond motifs is 8. The van der Waals surface area contributed by atoms with E-state index in [9.17, 15) is 13.2 Å². The average molecular weight is 615 g/mol. The lowest BCUT2D eigenvalue weighted by atomic mass is 9.89. The second kappa shape index (κ2) is 12.1. The molecule has 7 rings (SSSR count). The lowest BCUT2D eigenvalue weighted by Crippen LogP contribution is -2.48. The molecule has 2 saturated heterocycles. The minimum atomic E-state index is -3.13. The standard InChI is InChI=1S/C31H40F2N6O3S/c1-22-24-8-7-9-25(16-24)31(32,33)18-23-19-37(20-23)10-5-3-2-4-6-11-39-29-26(28(36-22)34-21-35-29)17-27(30(39)40)38-12-14-43(41,42)15-13-38/h7-9,16-17,21-23H,2-6,10-15,18-20H2,1H3,(H,34,35,36)/t22-/m0/s1. The second-order valence-electron chi connectivity index (χ2n) is 12.4. The molecule has 8 bridgehead atoms. The van der Waals surface area contributed by atoms with Gasteiger partial charge in [0, 0.05) is 50.7 Å². The molecule has 2 fully saturated rings. The molecule has 1 aromatic carbocycles. The van der Waals surface area contributed by atoms with Crippen LogP contribution in [0.5, 0.6) is 0 Å². The van der Waals surface area contributed by atoms with E-state index < -0.39 is 15.8 Å². The van der Waals surface area contributed by atoms with E-state index in [1.807, 2.05) is 17.9 Å². The molecule has 12 heteroatoms. The topological polar surface area (TPSA) is 100 Å². The zero-order chi connectivity index (χ0) is 30.2. The van der Waals surface area contributed by atoms with Gasteiger partial charge in [0.1, 0.15) is 23.5 Å². The Morgan fingerprint density at radius 2 is 1.67 bits per heavy atom. The van der Waals surface area contributed by atoms with Crippen molar-refractivity contribution >= 4 is 32.4 Å². The van der Waals surface area contributed by atoms with Crippen molar-refractivity contribution in [2.24, 2.45) is 5.92 Å². The van der Waals surface area contributed by atoms with Gasteiger partial charge in [-0.1, -0.05) is 37.5 Å². The summed E-state index contributed by atoms with van der Waals surface area (Å²) in [7, 11) is -3.13. The summed E-state index contributed by atoms with van der Waals surface area (Å²) in [6, 6.07) is 7.99. The molecule has 0 spiro atoms. The first-order valence-corrected chi connectivity index (χ1v) is 17.2. The summed E-state index contributed by atoms with van der Waals surface area (Å²) in [5, 5.41) is 4.03. The highest BCUT2D eigenvalue weighted by Gasteiger charge is 2.39. The van der Waals surface area contributed by atoms with Gasteiger partial charge in [-0.05, 0) is 49.9 Å². The van der Waals surface area contributed by atoms with Crippen molar-refractivity contribution in [3.63, 3.8) is 0 Å². The number of halogens is 2. The fraction of sp³-hybridized carbons (Fsp3) is 0.581. The van der Waals surface area contributed by atoms with Crippen molar-refractivity contribution in [1.29, 1.82) is 0 Å². The first kappa shape index (κ1) is 29.9. The Labute approximate surface area is 251 Å². The maximum atomic E-state index is 15.4. The molecule has 9 nitrogen and oxygen atoms in total. The van der Waals surface area contributed by atoms with Gasteiger partial charge in [0.15, 0.2) is 9.84 Å². The summed E-state index contributed by atoms with van der Waals surface area (Å²) >= 11 is 0. The first-order chi connectivity index (χ1) is 20.6. The average Bonchev–Trinajstić information content (AvgIpc) is 2.96. The van der Waals surface area contributed by atoms with Crippen LogP contribution in [0.1, 0.15) is 62.6 Å². The van der Waals surface area contributed by atoms with Crippen molar-refractivity contribution < 1.29 is 17.2 Å². The van der Waals surface area contributed by atoms with Crippen LogP contribution in [0.3, 0.4) is 0 Å². The Hall–Kier alpha value is -3.12. The van der Waals surface area contributed by atoms with E-state index in [2.05, 4.69) is 20.2 Å². The van der Waals surface area contributed by atoms with Gasteiger partial charge < -0.3 is 15.1 Å². The minimum Gasteiger partial charge on any atom is -0.365 e. The molecule has 1 N–H and O–H groups in total. The lowest BCUT2D eigenvalue weighted by Gasteiger charge is -2.41. The van der Waals surface area contributed by atoms with Crippen molar-refractivity contribution in [1.82, 2.24) is 19.4 Å². The maximum Gasteiger partial charge on any atom is 0.275 e. The largest absolute Gasteiger partial charge is 0.365 e. The van der Waals surface area contributed by atoms with Gasteiger partial charge in [0.25, 0.3) is 11.5 Å². The number of benzene rings is 1. The Balaban J connectivity index is 1.37. The molecule has 3 aromatic rings. The van der Waals surface area contributed by atoms with E-state index in [0.717, 1.165) is 51.7 Å². The summed E-state index contributed by atoms with van der Waals surface area (Å²) in [6.45, 7) is 5.25. The van der Waals surface area contributed by atoms with Crippen LogP contribution in [0.25, 0.3) is 11.0 Å². The van der Waals surface area contributed by atoms with Crippen molar-refractivity contribution in [3.05, 3.63) is 58.1 Å². The Bertz CT molecular complexity index is 1630. The van der Waals surface area contributed by atoms with Crippen molar-refractivity contribution in [2.75, 3.05) is 54.4 Å². The van der Waals surface area contributed by atoms with E-state index in [1.54, 1.807) is 22.8 Å². The Morgan fingerprint density at radius 3 is 2.44 bits per heavy atom. The van der Waals surface area contributed by atoms with Gasteiger partial charge in [-0.2, -0.15) is 0 Å². The zero-order valence-electron chi connectivity index (χ0n) is 24.6. The smallest absolute Gasteiger partial charge is 0.275 e. The van der Waals surface area contributed by atoms with Gasteiger partial charge in [-0.25, -0.2) is 27.2 Å². The summed E-state index contributed by atoms with van der Waals surface area (Å²) in [6.07, 6.45) is 6.14. The van der Waals surface area contributed by atoms with Crippen LogP contribution in [0.2, 0.25) is 0 Å². The molecule has 1 atom stereocenters. The number of sulfone groups is 1. The molecule has 4 aliphatic rings. The quantitative estimate of drug-likeness (QED) is 0.426. The highest BCUT2D eigenvalue weighted by molar-refractivity contribution is 7.91. The predicted molar refractivity (Wildman–Crippen MR) is 165 cm³/mol. The molecule has 0 saturated carbocycles. The van der Waals surface area contributed by atoms with Crippen LogP contribution in [0.4, 0.5) is 20.3 Å². The Morgan fingerprint density at radius 1 is 0.953 bits per heavy atom. The SMILES string of the molecule is C[C@@H]1Nc2ncnc3c2cc(N2CCS(=O)(=O)CC2)c(=O)n3CCCCCCCN2CC(C2)CC(F)(F)c2cccc1c2. The monoisotopic (exact) mass is 614 g/mol. The number of aromatic nitrogens is 3. The van der Waals surface area contributed by atoms with Gasteiger partial charge in [-0.3, -0.25) is 9.36 Å². The molecule has 232 valence electrons. The molecule has 0 amide bonds. The number of pyridine rings is 1. The molecule has 4 aliphatic heterocycles. The normalized spacial score (nSPS) is 26.2. The third kappa shape index (κ3) is 6.55. The number of nitrogens with zero attached hydrogens (tertiary/aromatic N) is 5. The van der Waals surface area contributed by atoms with Gasteiger partial charge >= 0.3 is 0 Å². The number of alkyl halides is 2.